The number of para-hydroxylation sites is 2. The Morgan fingerprint density at radius 1 is 1.21 bits per heavy atom. The summed E-state index contributed by atoms with van der Waals surface area (Å²) < 4.78 is 10.8. The summed E-state index contributed by atoms with van der Waals surface area (Å²) in [4.78, 5) is 4.21. The summed E-state index contributed by atoms with van der Waals surface area (Å²) in [5.74, 6) is 0.997. The number of hydrogen-bond acceptors (Lipinski definition) is 3. The number of rotatable bonds is 7. The summed E-state index contributed by atoms with van der Waals surface area (Å²) in [5, 5.41) is 4.18. The van der Waals surface area contributed by atoms with Crippen LogP contribution >= 0.6 is 23.2 Å². The van der Waals surface area contributed by atoms with Crippen LogP contribution in [0.4, 0.5) is 5.69 Å². The third-order valence-corrected chi connectivity index (χ3v) is 3.75. The third-order valence-electron chi connectivity index (χ3n) is 3.16. The maximum atomic E-state index is 6.08. The SMILES string of the molecule is COc1ccccc1NC(N)=NCCOCc1ccc(Cl)cc1Cl. The van der Waals surface area contributed by atoms with Gasteiger partial charge in [0.15, 0.2) is 5.96 Å². The number of hydrogen-bond donors (Lipinski definition) is 2. The van der Waals surface area contributed by atoms with Crippen molar-refractivity contribution in [1.82, 2.24) is 0 Å². The standard InChI is InChI=1S/C17H19Cl2N3O2/c1-23-16-5-3-2-4-15(16)22-17(20)21-8-9-24-11-12-6-7-13(18)10-14(12)19/h2-7,10H,8-9,11H2,1H3,(H3,20,21,22). The minimum Gasteiger partial charge on any atom is -0.495 e. The number of guanidine groups is 1. The van der Waals surface area contributed by atoms with Gasteiger partial charge in [0.05, 0.1) is 32.6 Å². The zero-order valence-electron chi connectivity index (χ0n) is 13.3. The lowest BCUT2D eigenvalue weighted by Gasteiger charge is -2.10. The van der Waals surface area contributed by atoms with Crippen LogP contribution in [0.25, 0.3) is 0 Å². The van der Waals surface area contributed by atoms with Crippen LogP contribution in [-0.4, -0.2) is 26.2 Å². The molecule has 0 amide bonds. The first-order chi connectivity index (χ1) is 11.6. The molecule has 0 heterocycles. The molecule has 0 saturated heterocycles. The second-order valence-corrected chi connectivity index (χ2v) is 5.72. The van der Waals surface area contributed by atoms with E-state index in [1.807, 2.05) is 30.3 Å². The van der Waals surface area contributed by atoms with E-state index < -0.39 is 0 Å². The fourth-order valence-corrected chi connectivity index (χ4v) is 2.44. The van der Waals surface area contributed by atoms with E-state index in [9.17, 15) is 0 Å². The Balaban J connectivity index is 1.77. The van der Waals surface area contributed by atoms with Gasteiger partial charge in [-0.1, -0.05) is 41.4 Å². The van der Waals surface area contributed by atoms with Gasteiger partial charge >= 0.3 is 0 Å². The van der Waals surface area contributed by atoms with Gasteiger partial charge in [0.1, 0.15) is 5.75 Å². The Morgan fingerprint density at radius 2 is 2.00 bits per heavy atom. The molecule has 0 bridgehead atoms. The predicted molar refractivity (Wildman–Crippen MR) is 99.2 cm³/mol. The number of halogens is 2. The van der Waals surface area contributed by atoms with Gasteiger partial charge in [-0.15, -0.1) is 0 Å². The normalized spacial score (nSPS) is 11.4. The quantitative estimate of drug-likeness (QED) is 0.441. The smallest absolute Gasteiger partial charge is 0.193 e. The minimum absolute atomic E-state index is 0.299. The van der Waals surface area contributed by atoms with Gasteiger partial charge in [-0.25, -0.2) is 0 Å². The first-order valence-corrected chi connectivity index (χ1v) is 8.07. The second kappa shape index (κ2) is 9.37. The maximum absolute atomic E-state index is 6.08. The second-order valence-electron chi connectivity index (χ2n) is 4.88. The molecule has 0 aliphatic carbocycles. The summed E-state index contributed by atoms with van der Waals surface area (Å²) in [6.07, 6.45) is 0. The highest BCUT2D eigenvalue weighted by Gasteiger charge is 2.03. The number of methoxy groups -OCH3 is 1. The van der Waals surface area contributed by atoms with E-state index in [-0.39, 0.29) is 0 Å². The van der Waals surface area contributed by atoms with E-state index in [1.54, 1.807) is 19.2 Å². The van der Waals surface area contributed by atoms with Crippen molar-refractivity contribution in [2.75, 3.05) is 25.6 Å². The summed E-state index contributed by atoms with van der Waals surface area (Å²) in [7, 11) is 1.60. The highest BCUT2D eigenvalue weighted by Crippen LogP contribution is 2.23. The average Bonchev–Trinajstić information content (AvgIpc) is 2.57. The van der Waals surface area contributed by atoms with Crippen molar-refractivity contribution in [1.29, 1.82) is 0 Å². The largest absolute Gasteiger partial charge is 0.495 e. The zero-order chi connectivity index (χ0) is 17.4. The summed E-state index contributed by atoms with van der Waals surface area (Å²) >= 11 is 11.9. The molecule has 0 aliphatic heterocycles. The zero-order valence-corrected chi connectivity index (χ0v) is 14.8. The van der Waals surface area contributed by atoms with Crippen LogP contribution in [0, 0.1) is 0 Å². The molecule has 0 saturated carbocycles. The molecule has 0 aromatic heterocycles. The summed E-state index contributed by atoms with van der Waals surface area (Å²) in [5.41, 5.74) is 7.49. The van der Waals surface area contributed by atoms with Crippen LogP contribution in [0.2, 0.25) is 10.0 Å². The monoisotopic (exact) mass is 367 g/mol. The molecule has 2 aromatic rings. The van der Waals surface area contributed by atoms with Crippen LogP contribution in [0.5, 0.6) is 5.75 Å². The Kier molecular flexibility index (Phi) is 7.18. The highest BCUT2D eigenvalue weighted by atomic mass is 35.5. The summed E-state index contributed by atoms with van der Waals surface area (Å²) in [6.45, 7) is 1.25. The van der Waals surface area contributed by atoms with E-state index in [0.717, 1.165) is 11.3 Å². The minimum atomic E-state index is 0.299. The van der Waals surface area contributed by atoms with Crippen molar-refractivity contribution in [2.24, 2.45) is 10.7 Å². The molecular weight excluding hydrogens is 349 g/mol. The number of benzene rings is 2. The number of nitrogens with two attached hydrogens (primary N) is 1. The fourth-order valence-electron chi connectivity index (χ4n) is 1.98. The van der Waals surface area contributed by atoms with Gasteiger partial charge in [0.2, 0.25) is 0 Å². The lowest BCUT2D eigenvalue weighted by molar-refractivity contribution is 0.128. The molecule has 2 rings (SSSR count). The van der Waals surface area contributed by atoms with E-state index in [1.165, 1.54) is 0 Å². The number of nitrogens with zero attached hydrogens (tertiary/aromatic N) is 1. The van der Waals surface area contributed by atoms with Crippen LogP contribution in [-0.2, 0) is 11.3 Å². The molecule has 0 radical (unpaired) electrons. The van der Waals surface area contributed by atoms with Crippen LogP contribution in [0.15, 0.2) is 47.5 Å². The molecule has 0 aliphatic rings. The molecule has 0 spiro atoms. The number of aliphatic imine (C=N–C) groups is 1. The van der Waals surface area contributed by atoms with Crippen molar-refractivity contribution in [3.8, 4) is 5.75 Å². The number of anilines is 1. The fraction of sp³-hybridized carbons (Fsp3) is 0.235. The molecule has 5 nitrogen and oxygen atoms in total. The topological polar surface area (TPSA) is 68.9 Å². The predicted octanol–water partition coefficient (Wildman–Crippen LogP) is 3.95. The highest BCUT2D eigenvalue weighted by molar-refractivity contribution is 6.35. The Bertz CT molecular complexity index is 708. The van der Waals surface area contributed by atoms with Gasteiger partial charge < -0.3 is 20.5 Å². The molecule has 0 atom stereocenters. The first kappa shape index (κ1) is 18.4. The number of nitrogens with one attached hydrogen (secondary N) is 1. The lowest BCUT2D eigenvalue weighted by atomic mass is 10.2. The van der Waals surface area contributed by atoms with Crippen LogP contribution in [0.3, 0.4) is 0 Å². The van der Waals surface area contributed by atoms with Crippen molar-refractivity contribution in [2.45, 2.75) is 6.61 Å². The van der Waals surface area contributed by atoms with Crippen molar-refractivity contribution < 1.29 is 9.47 Å². The van der Waals surface area contributed by atoms with Crippen molar-refractivity contribution in [3.05, 3.63) is 58.1 Å². The molecule has 3 N–H and O–H groups in total. The summed E-state index contributed by atoms with van der Waals surface area (Å²) in [6, 6.07) is 12.8. The number of ether oxygens (including phenoxy) is 2. The lowest BCUT2D eigenvalue weighted by Crippen LogP contribution is -2.23. The third kappa shape index (κ3) is 5.60. The van der Waals surface area contributed by atoms with E-state index in [0.29, 0.717) is 41.5 Å². The van der Waals surface area contributed by atoms with Crippen molar-refractivity contribution >= 4 is 34.8 Å². The van der Waals surface area contributed by atoms with Gasteiger partial charge in [-0.3, -0.25) is 4.99 Å². The van der Waals surface area contributed by atoms with Crippen LogP contribution < -0.4 is 15.8 Å². The molecule has 24 heavy (non-hydrogen) atoms. The molecular formula is C17H19Cl2N3O2. The Morgan fingerprint density at radius 3 is 2.75 bits per heavy atom. The van der Waals surface area contributed by atoms with Crippen molar-refractivity contribution in [3.63, 3.8) is 0 Å². The molecule has 2 aromatic carbocycles. The van der Waals surface area contributed by atoms with E-state index in [4.69, 9.17) is 38.4 Å². The van der Waals surface area contributed by atoms with Gasteiger partial charge in [-0.2, -0.15) is 0 Å². The van der Waals surface area contributed by atoms with E-state index in [2.05, 4.69) is 10.3 Å². The Labute approximate surface area is 151 Å². The van der Waals surface area contributed by atoms with E-state index >= 15 is 0 Å². The maximum Gasteiger partial charge on any atom is 0.193 e. The molecule has 0 unspecified atom stereocenters. The van der Waals surface area contributed by atoms with Gasteiger partial charge in [0, 0.05) is 10.0 Å². The molecule has 128 valence electrons. The molecule has 7 heteroatoms. The average molecular weight is 368 g/mol. The van der Waals surface area contributed by atoms with Gasteiger partial charge in [-0.05, 0) is 29.8 Å². The first-order valence-electron chi connectivity index (χ1n) is 7.32. The Hall–Kier alpha value is -1.95. The van der Waals surface area contributed by atoms with Crippen LogP contribution in [0.1, 0.15) is 5.56 Å². The molecule has 0 fully saturated rings. The van der Waals surface area contributed by atoms with Gasteiger partial charge in [0.25, 0.3) is 0 Å².